The van der Waals surface area contributed by atoms with E-state index >= 15 is 0 Å². The fourth-order valence-electron chi connectivity index (χ4n) is 0.910. The summed E-state index contributed by atoms with van der Waals surface area (Å²) in [6.45, 7) is 1.08. The van der Waals surface area contributed by atoms with Crippen LogP contribution >= 0.6 is 0 Å². The molecule has 0 aliphatic carbocycles. The second-order valence-electron chi connectivity index (χ2n) is 2.56. The van der Waals surface area contributed by atoms with Crippen LogP contribution in [0.15, 0.2) is 36.7 Å². The summed E-state index contributed by atoms with van der Waals surface area (Å²) in [6, 6.07) is 7.80. The number of fused-ring (bicyclic) bond motifs is 1. The van der Waals surface area contributed by atoms with Crippen LogP contribution in [0, 0.1) is 0 Å². The van der Waals surface area contributed by atoms with Gasteiger partial charge in [0.1, 0.15) is 0 Å². The van der Waals surface area contributed by atoms with E-state index < -0.39 is 5.97 Å². The lowest BCUT2D eigenvalue weighted by molar-refractivity contribution is -0.134. The van der Waals surface area contributed by atoms with Crippen molar-refractivity contribution in [1.29, 1.82) is 0 Å². The Morgan fingerprint density at radius 1 is 1.14 bits per heavy atom. The topological polar surface area (TPSA) is 63.1 Å². The molecule has 0 fully saturated rings. The highest BCUT2D eigenvalue weighted by Gasteiger charge is 1.88. The number of aromatic nitrogens is 2. The molecule has 0 atom stereocenters. The monoisotopic (exact) mass is 190 g/mol. The minimum absolute atomic E-state index is 0.833. The maximum Gasteiger partial charge on any atom is 0.300 e. The molecule has 14 heavy (non-hydrogen) atoms. The molecule has 0 spiro atoms. The zero-order valence-corrected chi connectivity index (χ0v) is 7.71. The maximum atomic E-state index is 9.00. The highest BCUT2D eigenvalue weighted by Crippen LogP contribution is 2.04. The van der Waals surface area contributed by atoms with Gasteiger partial charge in [-0.15, -0.1) is 0 Å². The number of hydrogen-bond acceptors (Lipinski definition) is 3. The van der Waals surface area contributed by atoms with Crippen LogP contribution in [0.3, 0.4) is 0 Å². The zero-order valence-electron chi connectivity index (χ0n) is 7.71. The van der Waals surface area contributed by atoms with Gasteiger partial charge in [-0.2, -0.15) is 0 Å². The van der Waals surface area contributed by atoms with Crippen LogP contribution in [0.4, 0.5) is 0 Å². The molecule has 72 valence electrons. The Morgan fingerprint density at radius 2 is 1.50 bits per heavy atom. The lowest BCUT2D eigenvalue weighted by Gasteiger charge is -1.90. The van der Waals surface area contributed by atoms with Crippen LogP contribution in [0.2, 0.25) is 0 Å². The smallest absolute Gasteiger partial charge is 0.300 e. The van der Waals surface area contributed by atoms with Gasteiger partial charge in [-0.05, 0) is 12.1 Å². The highest BCUT2D eigenvalue weighted by molar-refractivity contribution is 5.72. The lowest BCUT2D eigenvalue weighted by Crippen LogP contribution is -1.78. The SMILES string of the molecule is CC(=O)O.c1ccc2nccnc2c1. The van der Waals surface area contributed by atoms with Gasteiger partial charge in [0.25, 0.3) is 5.97 Å². The molecule has 0 saturated heterocycles. The molecule has 0 radical (unpaired) electrons. The van der Waals surface area contributed by atoms with Crippen molar-refractivity contribution in [1.82, 2.24) is 9.97 Å². The molecule has 2 aromatic rings. The van der Waals surface area contributed by atoms with Gasteiger partial charge in [-0.25, -0.2) is 0 Å². The highest BCUT2D eigenvalue weighted by atomic mass is 16.4. The average molecular weight is 190 g/mol. The van der Waals surface area contributed by atoms with Crippen LogP contribution in [-0.2, 0) is 4.79 Å². The predicted molar refractivity (Wildman–Crippen MR) is 52.8 cm³/mol. The molecule has 1 N–H and O–H groups in total. The van der Waals surface area contributed by atoms with Gasteiger partial charge in [0.05, 0.1) is 11.0 Å². The van der Waals surface area contributed by atoms with Gasteiger partial charge in [0, 0.05) is 19.3 Å². The van der Waals surface area contributed by atoms with Gasteiger partial charge in [-0.3, -0.25) is 14.8 Å². The van der Waals surface area contributed by atoms with Crippen LogP contribution in [0.25, 0.3) is 11.0 Å². The number of carbonyl (C=O) groups is 1. The van der Waals surface area contributed by atoms with Crippen LogP contribution < -0.4 is 0 Å². The first-order chi connectivity index (χ1) is 6.70. The second-order valence-corrected chi connectivity index (χ2v) is 2.56. The number of carboxylic acid groups (broad SMARTS) is 1. The molecule has 0 aliphatic rings. The first-order valence-corrected chi connectivity index (χ1v) is 4.05. The molecule has 1 heterocycles. The molecule has 0 saturated carbocycles. The van der Waals surface area contributed by atoms with Gasteiger partial charge in [0.15, 0.2) is 0 Å². The summed E-state index contributed by atoms with van der Waals surface area (Å²) in [5.41, 5.74) is 1.90. The third kappa shape index (κ3) is 3.18. The van der Waals surface area contributed by atoms with E-state index in [1.54, 1.807) is 12.4 Å². The van der Waals surface area contributed by atoms with Crippen molar-refractivity contribution in [2.24, 2.45) is 0 Å². The van der Waals surface area contributed by atoms with Crippen molar-refractivity contribution in [2.75, 3.05) is 0 Å². The Balaban J connectivity index is 0.000000213. The Kier molecular flexibility index (Phi) is 3.55. The van der Waals surface area contributed by atoms with Crippen LogP contribution in [0.1, 0.15) is 6.92 Å². The average Bonchev–Trinajstić information content (AvgIpc) is 2.17. The number of carboxylic acids is 1. The number of nitrogens with zero attached hydrogens (tertiary/aromatic N) is 2. The summed E-state index contributed by atoms with van der Waals surface area (Å²) in [7, 11) is 0. The molecule has 0 bridgehead atoms. The first-order valence-electron chi connectivity index (χ1n) is 4.05. The maximum absolute atomic E-state index is 9.00. The quantitative estimate of drug-likeness (QED) is 0.687. The molecule has 4 heteroatoms. The summed E-state index contributed by atoms with van der Waals surface area (Å²) in [5, 5.41) is 7.42. The van der Waals surface area contributed by atoms with Gasteiger partial charge in [-0.1, -0.05) is 12.1 Å². The third-order valence-electron chi connectivity index (χ3n) is 1.38. The standard InChI is InChI=1S/C8H6N2.C2H4O2/c1-2-4-8-7(3-1)9-5-6-10-8;1-2(3)4/h1-6H;1H3,(H,3,4). The molecule has 1 aromatic heterocycles. The largest absolute Gasteiger partial charge is 0.481 e. The summed E-state index contributed by atoms with van der Waals surface area (Å²) < 4.78 is 0. The van der Waals surface area contributed by atoms with Crippen molar-refractivity contribution in [3.05, 3.63) is 36.7 Å². The van der Waals surface area contributed by atoms with Crippen molar-refractivity contribution in [3.8, 4) is 0 Å². The molecule has 0 unspecified atom stereocenters. The Hall–Kier alpha value is -1.97. The molecule has 2 rings (SSSR count). The second kappa shape index (κ2) is 4.91. The number of hydrogen-bond donors (Lipinski definition) is 1. The normalized spacial score (nSPS) is 8.93. The van der Waals surface area contributed by atoms with Crippen molar-refractivity contribution < 1.29 is 9.90 Å². The Bertz CT molecular complexity index is 360. The van der Waals surface area contributed by atoms with Gasteiger partial charge < -0.3 is 5.11 Å². The lowest BCUT2D eigenvalue weighted by atomic mass is 10.3. The summed E-state index contributed by atoms with van der Waals surface area (Å²) in [5.74, 6) is -0.833. The molecule has 0 aliphatic heterocycles. The van der Waals surface area contributed by atoms with E-state index in [-0.39, 0.29) is 0 Å². The number of benzene rings is 1. The molecular formula is C10H10N2O2. The molecule has 4 nitrogen and oxygen atoms in total. The van der Waals surface area contributed by atoms with Gasteiger partial charge in [0.2, 0.25) is 0 Å². The minimum Gasteiger partial charge on any atom is -0.481 e. The molecular weight excluding hydrogens is 180 g/mol. The number of rotatable bonds is 0. The van der Waals surface area contributed by atoms with E-state index in [1.807, 2.05) is 24.3 Å². The Morgan fingerprint density at radius 3 is 1.86 bits per heavy atom. The molecule has 1 aromatic carbocycles. The first kappa shape index (κ1) is 10.1. The summed E-state index contributed by atoms with van der Waals surface area (Å²) >= 11 is 0. The number of aliphatic carboxylic acids is 1. The summed E-state index contributed by atoms with van der Waals surface area (Å²) in [6.07, 6.45) is 3.39. The minimum atomic E-state index is -0.833. The van der Waals surface area contributed by atoms with E-state index in [9.17, 15) is 0 Å². The van der Waals surface area contributed by atoms with Gasteiger partial charge >= 0.3 is 0 Å². The zero-order chi connectivity index (χ0) is 10.4. The Labute approximate surface area is 81.2 Å². The summed E-state index contributed by atoms with van der Waals surface area (Å²) in [4.78, 5) is 17.2. The predicted octanol–water partition coefficient (Wildman–Crippen LogP) is 1.72. The van der Waals surface area contributed by atoms with Crippen LogP contribution in [-0.4, -0.2) is 21.0 Å². The van der Waals surface area contributed by atoms with Crippen molar-refractivity contribution in [2.45, 2.75) is 6.92 Å². The van der Waals surface area contributed by atoms with E-state index in [0.29, 0.717) is 0 Å². The van der Waals surface area contributed by atoms with Crippen molar-refractivity contribution in [3.63, 3.8) is 0 Å². The van der Waals surface area contributed by atoms with E-state index in [2.05, 4.69) is 9.97 Å². The number of para-hydroxylation sites is 2. The van der Waals surface area contributed by atoms with E-state index in [0.717, 1.165) is 18.0 Å². The van der Waals surface area contributed by atoms with Crippen molar-refractivity contribution >= 4 is 17.0 Å². The van der Waals surface area contributed by atoms with Crippen LogP contribution in [0.5, 0.6) is 0 Å². The third-order valence-corrected chi connectivity index (χ3v) is 1.38. The fraction of sp³-hybridized carbons (Fsp3) is 0.100. The molecule has 0 amide bonds. The van der Waals surface area contributed by atoms with E-state index in [1.165, 1.54) is 0 Å². The fourth-order valence-corrected chi connectivity index (χ4v) is 0.910. The van der Waals surface area contributed by atoms with E-state index in [4.69, 9.17) is 9.90 Å².